The number of alkyl halides is 3. The van der Waals surface area contributed by atoms with E-state index in [2.05, 4.69) is 17.2 Å². The Morgan fingerprint density at radius 3 is 2.84 bits per heavy atom. The van der Waals surface area contributed by atoms with Crippen molar-refractivity contribution in [1.29, 1.82) is 0 Å². The maximum Gasteiger partial charge on any atom is 0.433 e. The number of rotatable bonds is 6. The molecule has 1 fully saturated rings. The minimum absolute atomic E-state index is 0.195. The average molecular weight is 448 g/mol. The van der Waals surface area contributed by atoms with Crippen molar-refractivity contribution in [3.8, 4) is 5.75 Å². The highest BCUT2D eigenvalue weighted by Crippen LogP contribution is 2.33. The summed E-state index contributed by atoms with van der Waals surface area (Å²) in [4.78, 5) is 20.8. The van der Waals surface area contributed by atoms with E-state index in [1.165, 1.54) is 6.07 Å². The van der Waals surface area contributed by atoms with Crippen molar-refractivity contribution < 1.29 is 27.4 Å². The molecule has 7 nitrogen and oxygen atoms in total. The SMILES string of the molecule is CCOc1cc2nc([C@@H](C)[C@@H]3CCOC3)cn2cc1NC(=O)c1cccc(C(F)(F)F)n1. The second kappa shape index (κ2) is 8.78. The number of hydrogen-bond donors (Lipinski definition) is 1. The van der Waals surface area contributed by atoms with E-state index >= 15 is 0 Å². The quantitative estimate of drug-likeness (QED) is 0.599. The smallest absolute Gasteiger partial charge is 0.433 e. The molecule has 0 radical (unpaired) electrons. The van der Waals surface area contributed by atoms with Crippen molar-refractivity contribution in [1.82, 2.24) is 14.4 Å². The molecule has 1 amide bonds. The van der Waals surface area contributed by atoms with Gasteiger partial charge in [0.2, 0.25) is 0 Å². The number of nitrogens with one attached hydrogen (secondary N) is 1. The summed E-state index contributed by atoms with van der Waals surface area (Å²) in [6.45, 7) is 5.68. The van der Waals surface area contributed by atoms with Crippen LogP contribution in [-0.2, 0) is 10.9 Å². The topological polar surface area (TPSA) is 77.8 Å². The first-order valence-corrected chi connectivity index (χ1v) is 10.3. The Hall–Kier alpha value is -3.14. The number of amides is 1. The molecule has 0 aliphatic carbocycles. The summed E-state index contributed by atoms with van der Waals surface area (Å²) >= 11 is 0. The van der Waals surface area contributed by atoms with Gasteiger partial charge in [-0.05, 0) is 31.4 Å². The molecule has 4 rings (SSSR count). The van der Waals surface area contributed by atoms with Gasteiger partial charge in [-0.25, -0.2) is 9.97 Å². The summed E-state index contributed by atoms with van der Waals surface area (Å²) in [5.74, 6) is 0.181. The summed E-state index contributed by atoms with van der Waals surface area (Å²) < 4.78 is 51.7. The second-order valence-electron chi connectivity index (χ2n) is 7.69. The van der Waals surface area contributed by atoms with Crippen molar-refractivity contribution in [2.45, 2.75) is 32.4 Å². The van der Waals surface area contributed by atoms with Crippen LogP contribution in [0.5, 0.6) is 5.75 Å². The molecule has 2 atom stereocenters. The van der Waals surface area contributed by atoms with Crippen molar-refractivity contribution in [3.63, 3.8) is 0 Å². The number of anilines is 1. The van der Waals surface area contributed by atoms with Crippen LogP contribution in [0.4, 0.5) is 18.9 Å². The first-order chi connectivity index (χ1) is 15.3. The molecule has 0 saturated carbocycles. The number of carbonyl (C=O) groups is 1. The fourth-order valence-electron chi connectivity index (χ4n) is 3.72. The van der Waals surface area contributed by atoms with Gasteiger partial charge in [-0.2, -0.15) is 13.2 Å². The van der Waals surface area contributed by atoms with Gasteiger partial charge in [0.25, 0.3) is 5.91 Å². The fraction of sp³-hybridized carbons (Fsp3) is 0.409. The van der Waals surface area contributed by atoms with Crippen LogP contribution in [0.3, 0.4) is 0 Å². The van der Waals surface area contributed by atoms with Gasteiger partial charge in [0, 0.05) is 31.0 Å². The van der Waals surface area contributed by atoms with Crippen LogP contribution in [0.25, 0.3) is 5.65 Å². The highest BCUT2D eigenvalue weighted by atomic mass is 19.4. The monoisotopic (exact) mass is 448 g/mol. The lowest BCUT2D eigenvalue weighted by Gasteiger charge is -2.14. The zero-order valence-corrected chi connectivity index (χ0v) is 17.6. The van der Waals surface area contributed by atoms with Crippen LogP contribution < -0.4 is 10.1 Å². The summed E-state index contributed by atoms with van der Waals surface area (Å²) in [6, 6.07) is 4.88. The Labute approximate surface area is 182 Å². The summed E-state index contributed by atoms with van der Waals surface area (Å²) in [6.07, 6.45) is -0.142. The minimum Gasteiger partial charge on any atom is -0.491 e. The number of halogens is 3. The molecule has 0 spiro atoms. The van der Waals surface area contributed by atoms with Gasteiger partial charge in [-0.3, -0.25) is 4.79 Å². The van der Waals surface area contributed by atoms with Crippen LogP contribution >= 0.6 is 0 Å². The zero-order valence-electron chi connectivity index (χ0n) is 17.6. The van der Waals surface area contributed by atoms with E-state index < -0.39 is 17.8 Å². The average Bonchev–Trinajstić information content (AvgIpc) is 3.43. The fourth-order valence-corrected chi connectivity index (χ4v) is 3.72. The van der Waals surface area contributed by atoms with E-state index in [1.54, 1.807) is 23.6 Å². The van der Waals surface area contributed by atoms with E-state index in [0.29, 0.717) is 36.2 Å². The van der Waals surface area contributed by atoms with Crippen molar-refractivity contribution in [2.75, 3.05) is 25.1 Å². The van der Waals surface area contributed by atoms with E-state index in [1.807, 2.05) is 6.20 Å². The molecule has 1 aliphatic heterocycles. The van der Waals surface area contributed by atoms with E-state index in [4.69, 9.17) is 14.5 Å². The summed E-state index contributed by atoms with van der Waals surface area (Å²) in [5.41, 5.74) is 0.373. The number of ether oxygens (including phenoxy) is 2. The van der Waals surface area contributed by atoms with E-state index in [-0.39, 0.29) is 11.6 Å². The molecule has 0 aromatic carbocycles. The first kappa shape index (κ1) is 22.1. The normalized spacial score (nSPS) is 17.5. The molecule has 0 unspecified atom stereocenters. The molecule has 0 bridgehead atoms. The third kappa shape index (κ3) is 4.55. The van der Waals surface area contributed by atoms with Crippen LogP contribution in [0.2, 0.25) is 0 Å². The Balaban J connectivity index is 1.63. The highest BCUT2D eigenvalue weighted by molar-refractivity contribution is 6.03. The molecule has 1 saturated heterocycles. The van der Waals surface area contributed by atoms with Gasteiger partial charge in [0.1, 0.15) is 28.5 Å². The molecule has 32 heavy (non-hydrogen) atoms. The van der Waals surface area contributed by atoms with E-state index in [0.717, 1.165) is 30.9 Å². The molecule has 3 aromatic rings. The van der Waals surface area contributed by atoms with Crippen LogP contribution in [0.15, 0.2) is 36.7 Å². The molecule has 4 heterocycles. The minimum atomic E-state index is -4.64. The number of aromatic nitrogens is 3. The van der Waals surface area contributed by atoms with Gasteiger partial charge in [0.05, 0.1) is 18.9 Å². The third-order valence-electron chi connectivity index (χ3n) is 5.53. The third-order valence-corrected chi connectivity index (χ3v) is 5.53. The van der Waals surface area contributed by atoms with Gasteiger partial charge in [-0.15, -0.1) is 0 Å². The van der Waals surface area contributed by atoms with Gasteiger partial charge < -0.3 is 19.2 Å². The Morgan fingerprint density at radius 2 is 2.16 bits per heavy atom. The molecular weight excluding hydrogens is 425 g/mol. The highest BCUT2D eigenvalue weighted by Gasteiger charge is 2.33. The van der Waals surface area contributed by atoms with Gasteiger partial charge in [-0.1, -0.05) is 13.0 Å². The van der Waals surface area contributed by atoms with Crippen LogP contribution in [0, 0.1) is 5.92 Å². The number of nitrogens with zero attached hydrogens (tertiary/aromatic N) is 3. The lowest BCUT2D eigenvalue weighted by atomic mass is 9.91. The molecule has 1 aliphatic rings. The molecular formula is C22H23F3N4O3. The number of pyridine rings is 2. The Kier molecular flexibility index (Phi) is 6.05. The number of fused-ring (bicyclic) bond motifs is 1. The summed E-state index contributed by atoms with van der Waals surface area (Å²) in [7, 11) is 0. The van der Waals surface area contributed by atoms with Crippen LogP contribution in [-0.4, -0.2) is 40.1 Å². The predicted octanol–water partition coefficient (Wildman–Crippen LogP) is 4.54. The molecule has 170 valence electrons. The lowest BCUT2D eigenvalue weighted by molar-refractivity contribution is -0.141. The standard InChI is InChI=1S/C22H23F3N4O3/c1-3-32-18-9-20-27-16(13(2)14-7-8-31-12-14)10-29(20)11-17(18)28-21(30)15-5-4-6-19(26-15)22(23,24)25/h4-6,9-11,13-14H,3,7-8,12H2,1-2H3,(H,28,30)/t13-,14+/m0/s1. The van der Waals surface area contributed by atoms with Gasteiger partial charge >= 0.3 is 6.18 Å². The predicted molar refractivity (Wildman–Crippen MR) is 111 cm³/mol. The summed E-state index contributed by atoms with van der Waals surface area (Å²) in [5, 5.41) is 2.61. The van der Waals surface area contributed by atoms with E-state index in [9.17, 15) is 18.0 Å². The zero-order chi connectivity index (χ0) is 22.9. The number of imidazole rings is 1. The van der Waals surface area contributed by atoms with Crippen molar-refractivity contribution >= 4 is 17.2 Å². The Bertz CT molecular complexity index is 1120. The second-order valence-corrected chi connectivity index (χ2v) is 7.69. The van der Waals surface area contributed by atoms with Gasteiger partial charge in [0.15, 0.2) is 0 Å². The number of carbonyl (C=O) groups excluding carboxylic acids is 1. The lowest BCUT2D eigenvalue weighted by Crippen LogP contribution is -2.17. The first-order valence-electron chi connectivity index (χ1n) is 10.3. The largest absolute Gasteiger partial charge is 0.491 e. The van der Waals surface area contributed by atoms with Crippen molar-refractivity contribution in [3.05, 3.63) is 53.7 Å². The van der Waals surface area contributed by atoms with Crippen LogP contribution in [0.1, 0.15) is 48.1 Å². The number of hydrogen-bond acceptors (Lipinski definition) is 5. The van der Waals surface area contributed by atoms with Crippen molar-refractivity contribution in [2.24, 2.45) is 5.92 Å². The molecule has 1 N–H and O–H groups in total. The molecule has 3 aromatic heterocycles. The molecule has 10 heteroatoms. The Morgan fingerprint density at radius 1 is 1.34 bits per heavy atom. The maximum atomic E-state index is 12.9. The maximum absolute atomic E-state index is 12.9.